The molecule has 3 rings (SSSR count). The number of anilines is 1. The van der Waals surface area contributed by atoms with E-state index in [9.17, 15) is 4.79 Å². The van der Waals surface area contributed by atoms with Crippen LogP contribution in [0.2, 0.25) is 0 Å². The van der Waals surface area contributed by atoms with Crippen molar-refractivity contribution in [3.8, 4) is 0 Å². The van der Waals surface area contributed by atoms with Crippen LogP contribution in [0.5, 0.6) is 0 Å². The first-order chi connectivity index (χ1) is 11.2. The van der Waals surface area contributed by atoms with Crippen LogP contribution in [-0.2, 0) is 4.79 Å². The van der Waals surface area contributed by atoms with Crippen molar-refractivity contribution in [3.05, 3.63) is 66.2 Å². The number of rotatable bonds is 4. The Morgan fingerprint density at radius 2 is 1.70 bits per heavy atom. The van der Waals surface area contributed by atoms with E-state index >= 15 is 0 Å². The standard InChI is InChI=1S/C18H17N3OS/c1-13(14-8-4-2-5-9-14)19-16-12-23-18(22)17(16)21-20-15-10-6-3-7-11-15/h2-11,13,20H,12H2,1H3/b19-16?,21-17-/t13-/m1/s1. The van der Waals surface area contributed by atoms with E-state index in [1.807, 2.05) is 67.6 Å². The predicted octanol–water partition coefficient (Wildman–Crippen LogP) is 3.93. The second kappa shape index (κ2) is 7.24. The predicted molar refractivity (Wildman–Crippen MR) is 97.3 cm³/mol. The lowest BCUT2D eigenvalue weighted by Gasteiger charge is -2.08. The third-order valence-electron chi connectivity index (χ3n) is 3.51. The molecule has 1 N–H and O–H groups in total. The van der Waals surface area contributed by atoms with E-state index in [1.165, 1.54) is 11.8 Å². The van der Waals surface area contributed by atoms with Crippen molar-refractivity contribution < 1.29 is 4.79 Å². The summed E-state index contributed by atoms with van der Waals surface area (Å²) in [7, 11) is 0. The summed E-state index contributed by atoms with van der Waals surface area (Å²) in [5, 5.41) is 4.23. The summed E-state index contributed by atoms with van der Waals surface area (Å²) < 4.78 is 0. The first-order valence-electron chi connectivity index (χ1n) is 7.42. The van der Waals surface area contributed by atoms with Gasteiger partial charge in [0.2, 0.25) is 5.12 Å². The average Bonchev–Trinajstić information content (AvgIpc) is 2.94. The first kappa shape index (κ1) is 15.5. The number of thioether (sulfide) groups is 1. The number of benzene rings is 2. The fraction of sp³-hybridized carbons (Fsp3) is 0.167. The highest BCUT2D eigenvalue weighted by atomic mass is 32.2. The van der Waals surface area contributed by atoms with Crippen molar-refractivity contribution in [2.75, 3.05) is 11.2 Å². The maximum atomic E-state index is 12.0. The largest absolute Gasteiger partial charge is 0.280 e. The zero-order valence-corrected chi connectivity index (χ0v) is 13.6. The number of nitrogens with one attached hydrogen (secondary N) is 1. The van der Waals surface area contributed by atoms with Crippen LogP contribution in [0.3, 0.4) is 0 Å². The third kappa shape index (κ3) is 3.87. The Bertz CT molecular complexity index is 741. The molecule has 0 spiro atoms. The van der Waals surface area contributed by atoms with Gasteiger partial charge in [-0.1, -0.05) is 60.3 Å². The highest BCUT2D eigenvalue weighted by molar-refractivity contribution is 8.17. The van der Waals surface area contributed by atoms with Crippen molar-refractivity contribution in [2.45, 2.75) is 13.0 Å². The molecule has 0 bridgehead atoms. The van der Waals surface area contributed by atoms with E-state index in [1.54, 1.807) is 0 Å². The molecule has 5 heteroatoms. The fourth-order valence-corrected chi connectivity index (χ4v) is 3.05. The summed E-state index contributed by atoms with van der Waals surface area (Å²) in [5.41, 5.74) is 6.07. The molecular weight excluding hydrogens is 306 g/mol. The number of para-hydroxylation sites is 1. The van der Waals surface area contributed by atoms with Crippen LogP contribution in [0.1, 0.15) is 18.5 Å². The van der Waals surface area contributed by atoms with Crippen molar-refractivity contribution in [3.63, 3.8) is 0 Å². The Labute approximate surface area is 139 Å². The van der Waals surface area contributed by atoms with Gasteiger partial charge >= 0.3 is 0 Å². The second-order valence-electron chi connectivity index (χ2n) is 5.18. The molecule has 1 saturated heterocycles. The lowest BCUT2D eigenvalue weighted by molar-refractivity contribution is -0.105. The number of aliphatic imine (C=N–C) groups is 1. The van der Waals surface area contributed by atoms with Crippen LogP contribution < -0.4 is 5.43 Å². The Morgan fingerprint density at radius 3 is 2.39 bits per heavy atom. The van der Waals surface area contributed by atoms with E-state index in [0.29, 0.717) is 11.5 Å². The molecule has 23 heavy (non-hydrogen) atoms. The van der Waals surface area contributed by atoms with E-state index in [2.05, 4.69) is 10.5 Å². The minimum Gasteiger partial charge on any atom is -0.280 e. The minimum absolute atomic E-state index is 0.000347. The van der Waals surface area contributed by atoms with Gasteiger partial charge < -0.3 is 0 Å². The smallest absolute Gasteiger partial charge is 0.241 e. The van der Waals surface area contributed by atoms with Gasteiger partial charge in [-0.3, -0.25) is 15.2 Å². The lowest BCUT2D eigenvalue weighted by Crippen LogP contribution is -2.17. The van der Waals surface area contributed by atoms with Gasteiger partial charge in [0.15, 0.2) is 5.71 Å². The summed E-state index contributed by atoms with van der Waals surface area (Å²) in [6.45, 7) is 2.03. The zero-order chi connectivity index (χ0) is 16.1. The Balaban J connectivity index is 1.80. The van der Waals surface area contributed by atoms with Gasteiger partial charge in [-0.25, -0.2) is 0 Å². The second-order valence-corrected chi connectivity index (χ2v) is 6.12. The Morgan fingerprint density at radius 1 is 1.04 bits per heavy atom. The fourth-order valence-electron chi connectivity index (χ4n) is 2.27. The van der Waals surface area contributed by atoms with Gasteiger partial charge in [0.05, 0.1) is 17.4 Å². The summed E-state index contributed by atoms with van der Waals surface area (Å²) in [4.78, 5) is 16.7. The molecular formula is C18H17N3OS. The van der Waals surface area contributed by atoms with Gasteiger partial charge in [0.25, 0.3) is 0 Å². The van der Waals surface area contributed by atoms with Gasteiger partial charge in [0, 0.05) is 5.75 Å². The number of hydrogen-bond donors (Lipinski definition) is 1. The number of nitrogens with zero attached hydrogens (tertiary/aromatic N) is 2. The van der Waals surface area contributed by atoms with Gasteiger partial charge in [-0.15, -0.1) is 0 Å². The Kier molecular flexibility index (Phi) is 4.88. The van der Waals surface area contributed by atoms with Crippen molar-refractivity contribution in [2.24, 2.45) is 10.1 Å². The van der Waals surface area contributed by atoms with Crippen molar-refractivity contribution in [1.82, 2.24) is 0 Å². The minimum atomic E-state index is -0.0348. The molecule has 1 atom stereocenters. The van der Waals surface area contributed by atoms with E-state index in [-0.39, 0.29) is 11.2 Å². The summed E-state index contributed by atoms with van der Waals surface area (Å²) in [5.74, 6) is 0.575. The molecule has 1 aliphatic rings. The van der Waals surface area contributed by atoms with E-state index in [4.69, 9.17) is 4.99 Å². The van der Waals surface area contributed by atoms with Gasteiger partial charge in [-0.05, 0) is 24.6 Å². The molecule has 1 aliphatic heterocycles. The molecule has 0 amide bonds. The van der Waals surface area contributed by atoms with Crippen LogP contribution in [0.25, 0.3) is 0 Å². The summed E-state index contributed by atoms with van der Waals surface area (Å²) >= 11 is 1.25. The van der Waals surface area contributed by atoms with Crippen LogP contribution in [0.4, 0.5) is 5.69 Å². The molecule has 1 heterocycles. The van der Waals surface area contributed by atoms with Crippen LogP contribution >= 0.6 is 11.8 Å². The van der Waals surface area contributed by atoms with Gasteiger partial charge in [-0.2, -0.15) is 5.10 Å². The van der Waals surface area contributed by atoms with Crippen molar-refractivity contribution in [1.29, 1.82) is 0 Å². The maximum absolute atomic E-state index is 12.0. The monoisotopic (exact) mass is 323 g/mol. The van der Waals surface area contributed by atoms with E-state index in [0.717, 1.165) is 17.0 Å². The van der Waals surface area contributed by atoms with Crippen LogP contribution in [-0.4, -0.2) is 22.3 Å². The van der Waals surface area contributed by atoms with Gasteiger partial charge in [0.1, 0.15) is 0 Å². The van der Waals surface area contributed by atoms with E-state index < -0.39 is 0 Å². The average molecular weight is 323 g/mol. The molecule has 0 saturated carbocycles. The van der Waals surface area contributed by atoms with Crippen LogP contribution in [0.15, 0.2) is 70.8 Å². The zero-order valence-electron chi connectivity index (χ0n) is 12.8. The molecule has 0 radical (unpaired) electrons. The quantitative estimate of drug-likeness (QED) is 0.867. The summed E-state index contributed by atoms with van der Waals surface area (Å²) in [6, 6.07) is 19.6. The maximum Gasteiger partial charge on any atom is 0.241 e. The highest BCUT2D eigenvalue weighted by Gasteiger charge is 2.28. The number of carbonyl (C=O) groups excluding carboxylic acids is 1. The van der Waals surface area contributed by atoms with Crippen molar-refractivity contribution >= 4 is 34.0 Å². The lowest BCUT2D eigenvalue weighted by atomic mass is 10.1. The Hall–Kier alpha value is -2.40. The molecule has 2 aromatic carbocycles. The van der Waals surface area contributed by atoms with Crippen LogP contribution in [0, 0.1) is 0 Å². The molecule has 0 aliphatic carbocycles. The molecule has 1 fully saturated rings. The number of carbonyl (C=O) groups is 1. The highest BCUT2D eigenvalue weighted by Crippen LogP contribution is 2.22. The molecule has 0 aromatic heterocycles. The first-order valence-corrected chi connectivity index (χ1v) is 8.40. The molecule has 4 nitrogen and oxygen atoms in total. The molecule has 2 aromatic rings. The normalized spacial score (nSPS) is 19.3. The summed E-state index contributed by atoms with van der Waals surface area (Å²) in [6.07, 6.45) is 0. The molecule has 0 unspecified atom stereocenters. The third-order valence-corrected chi connectivity index (χ3v) is 4.38. The number of hydrazone groups is 1. The topological polar surface area (TPSA) is 53.8 Å². The number of hydrogen-bond acceptors (Lipinski definition) is 5. The molecule has 116 valence electrons. The SMILES string of the molecule is C[C@@H](N=C1CSC(=O)/C1=N\Nc1ccccc1)c1ccccc1.